The summed E-state index contributed by atoms with van der Waals surface area (Å²) < 4.78 is 12.9. The zero-order chi connectivity index (χ0) is 13.1. The average molecular weight is 264 g/mol. The molecule has 0 aliphatic heterocycles. The molecule has 0 fully saturated rings. The number of rotatable bonds is 4. The van der Waals surface area contributed by atoms with Crippen LogP contribution in [0.4, 0.5) is 4.39 Å². The second-order valence-electron chi connectivity index (χ2n) is 4.40. The van der Waals surface area contributed by atoms with Crippen LogP contribution in [0.15, 0.2) is 24.3 Å². The summed E-state index contributed by atoms with van der Waals surface area (Å²) in [6.45, 7) is 4.06. The van der Waals surface area contributed by atoms with Gasteiger partial charge in [0.2, 0.25) is 0 Å². The highest BCUT2D eigenvalue weighted by Gasteiger charge is 2.11. The van der Waals surface area contributed by atoms with Crippen LogP contribution in [0, 0.1) is 12.7 Å². The number of halogens is 1. The Labute approximate surface area is 111 Å². The Hall–Kier alpha value is -1.26. The third-order valence-electron chi connectivity index (χ3n) is 2.91. The highest BCUT2D eigenvalue weighted by molar-refractivity contribution is 7.15. The van der Waals surface area contributed by atoms with Crippen molar-refractivity contribution in [1.29, 1.82) is 0 Å². The molecule has 2 nitrogen and oxygen atoms in total. The quantitative estimate of drug-likeness (QED) is 0.917. The number of nitrogens with zero attached hydrogens (tertiary/aromatic N) is 1. The van der Waals surface area contributed by atoms with Crippen molar-refractivity contribution >= 4 is 11.3 Å². The number of aromatic nitrogens is 1. The predicted molar refractivity (Wildman–Crippen MR) is 74.2 cm³/mol. The monoisotopic (exact) mass is 264 g/mol. The molecule has 1 aromatic carbocycles. The largest absolute Gasteiger partial charge is 0.327 e. The molecule has 4 heteroatoms. The van der Waals surface area contributed by atoms with Gasteiger partial charge in [0.05, 0.1) is 15.6 Å². The van der Waals surface area contributed by atoms with Crippen LogP contribution < -0.4 is 5.73 Å². The van der Waals surface area contributed by atoms with Crippen molar-refractivity contribution in [3.63, 3.8) is 0 Å². The van der Waals surface area contributed by atoms with Crippen molar-refractivity contribution in [2.24, 2.45) is 5.73 Å². The van der Waals surface area contributed by atoms with Gasteiger partial charge in [-0.25, -0.2) is 9.37 Å². The summed E-state index contributed by atoms with van der Waals surface area (Å²) in [5.74, 6) is -0.214. The van der Waals surface area contributed by atoms with Gasteiger partial charge >= 0.3 is 0 Å². The van der Waals surface area contributed by atoms with Gasteiger partial charge in [0.25, 0.3) is 0 Å². The molecule has 0 saturated heterocycles. The van der Waals surface area contributed by atoms with Crippen LogP contribution in [-0.4, -0.2) is 11.0 Å². The molecule has 1 heterocycles. The molecular formula is C14H17FN2S. The Kier molecular flexibility index (Phi) is 4.09. The summed E-state index contributed by atoms with van der Waals surface area (Å²) in [7, 11) is 0. The minimum absolute atomic E-state index is 0.164. The summed E-state index contributed by atoms with van der Waals surface area (Å²) >= 11 is 1.65. The SMILES string of the molecule is CCC(N)Cc1nc(C)c(-c2ccc(F)cc2)s1. The number of aryl methyl sites for hydroxylation is 1. The molecule has 2 aromatic rings. The summed E-state index contributed by atoms with van der Waals surface area (Å²) in [5, 5.41) is 1.06. The molecule has 2 rings (SSSR count). The van der Waals surface area contributed by atoms with Crippen molar-refractivity contribution in [2.75, 3.05) is 0 Å². The van der Waals surface area contributed by atoms with Crippen molar-refractivity contribution in [1.82, 2.24) is 4.98 Å². The lowest BCUT2D eigenvalue weighted by Crippen LogP contribution is -2.21. The molecule has 1 aromatic heterocycles. The van der Waals surface area contributed by atoms with E-state index in [1.165, 1.54) is 12.1 Å². The fourth-order valence-corrected chi connectivity index (χ4v) is 2.94. The fourth-order valence-electron chi connectivity index (χ4n) is 1.78. The highest BCUT2D eigenvalue weighted by Crippen LogP contribution is 2.30. The summed E-state index contributed by atoms with van der Waals surface area (Å²) in [6, 6.07) is 6.70. The van der Waals surface area contributed by atoms with E-state index < -0.39 is 0 Å². The zero-order valence-electron chi connectivity index (χ0n) is 10.6. The molecule has 2 N–H and O–H groups in total. The molecular weight excluding hydrogens is 247 g/mol. The molecule has 18 heavy (non-hydrogen) atoms. The van der Waals surface area contributed by atoms with E-state index in [4.69, 9.17) is 5.73 Å². The molecule has 0 spiro atoms. The Morgan fingerprint density at radius 3 is 2.61 bits per heavy atom. The normalized spacial score (nSPS) is 12.7. The van der Waals surface area contributed by atoms with Crippen molar-refractivity contribution < 1.29 is 4.39 Å². The van der Waals surface area contributed by atoms with Gasteiger partial charge in [0.1, 0.15) is 5.82 Å². The topological polar surface area (TPSA) is 38.9 Å². The molecule has 96 valence electrons. The number of thiazole rings is 1. The van der Waals surface area contributed by atoms with Crippen LogP contribution in [-0.2, 0) is 6.42 Å². The maximum Gasteiger partial charge on any atom is 0.123 e. The number of hydrogen-bond acceptors (Lipinski definition) is 3. The first-order valence-corrected chi connectivity index (χ1v) is 6.89. The van der Waals surface area contributed by atoms with Gasteiger partial charge in [0, 0.05) is 12.5 Å². The second-order valence-corrected chi connectivity index (χ2v) is 5.49. The van der Waals surface area contributed by atoms with E-state index in [1.54, 1.807) is 23.5 Å². The van der Waals surface area contributed by atoms with E-state index in [9.17, 15) is 4.39 Å². The Morgan fingerprint density at radius 1 is 1.33 bits per heavy atom. The summed E-state index contributed by atoms with van der Waals surface area (Å²) in [4.78, 5) is 5.65. The van der Waals surface area contributed by atoms with E-state index in [1.807, 2.05) is 6.92 Å². The van der Waals surface area contributed by atoms with Crippen LogP contribution in [0.2, 0.25) is 0 Å². The lowest BCUT2D eigenvalue weighted by Gasteiger charge is -2.04. The molecule has 1 atom stereocenters. The van der Waals surface area contributed by atoms with Gasteiger partial charge in [-0.1, -0.05) is 19.1 Å². The minimum Gasteiger partial charge on any atom is -0.327 e. The lowest BCUT2D eigenvalue weighted by molar-refractivity contribution is 0.628. The van der Waals surface area contributed by atoms with Gasteiger partial charge in [-0.05, 0) is 31.0 Å². The van der Waals surface area contributed by atoms with E-state index >= 15 is 0 Å². The molecule has 0 aliphatic carbocycles. The summed E-state index contributed by atoms with van der Waals surface area (Å²) in [5.41, 5.74) is 7.95. The first-order valence-electron chi connectivity index (χ1n) is 6.08. The van der Waals surface area contributed by atoms with Gasteiger partial charge in [-0.2, -0.15) is 0 Å². The van der Waals surface area contributed by atoms with E-state index in [2.05, 4.69) is 11.9 Å². The lowest BCUT2D eigenvalue weighted by atomic mass is 10.1. The number of hydrogen-bond donors (Lipinski definition) is 1. The zero-order valence-corrected chi connectivity index (χ0v) is 11.4. The smallest absolute Gasteiger partial charge is 0.123 e. The molecule has 0 bridgehead atoms. The number of nitrogens with two attached hydrogens (primary N) is 1. The van der Waals surface area contributed by atoms with Crippen LogP contribution >= 0.6 is 11.3 Å². The van der Waals surface area contributed by atoms with Crippen LogP contribution in [0.3, 0.4) is 0 Å². The fraction of sp³-hybridized carbons (Fsp3) is 0.357. The molecule has 0 saturated carbocycles. The van der Waals surface area contributed by atoms with Crippen molar-refractivity contribution in [3.05, 3.63) is 40.8 Å². The standard InChI is InChI=1S/C14H17FN2S/c1-3-12(16)8-13-17-9(2)14(18-13)10-4-6-11(15)7-5-10/h4-7,12H,3,8,16H2,1-2H3. The number of benzene rings is 1. The summed E-state index contributed by atoms with van der Waals surface area (Å²) in [6.07, 6.45) is 1.76. The van der Waals surface area contributed by atoms with Crippen molar-refractivity contribution in [3.8, 4) is 10.4 Å². The molecule has 1 unspecified atom stereocenters. The van der Waals surface area contributed by atoms with Gasteiger partial charge < -0.3 is 5.73 Å². The minimum atomic E-state index is -0.214. The molecule has 0 amide bonds. The van der Waals surface area contributed by atoms with Crippen LogP contribution in [0.1, 0.15) is 24.0 Å². The molecule has 0 radical (unpaired) electrons. The second kappa shape index (κ2) is 5.59. The first kappa shape index (κ1) is 13.2. The highest BCUT2D eigenvalue weighted by atomic mass is 32.1. The maximum atomic E-state index is 12.9. The average Bonchev–Trinajstić information content (AvgIpc) is 2.71. The van der Waals surface area contributed by atoms with Crippen LogP contribution in [0.25, 0.3) is 10.4 Å². The van der Waals surface area contributed by atoms with Gasteiger partial charge in [-0.3, -0.25) is 0 Å². The first-order chi connectivity index (χ1) is 8.60. The third kappa shape index (κ3) is 2.94. The van der Waals surface area contributed by atoms with E-state index in [0.717, 1.165) is 34.0 Å². The predicted octanol–water partition coefficient (Wildman–Crippen LogP) is 3.54. The Balaban J connectivity index is 2.26. The Bertz CT molecular complexity index is 519. The maximum absolute atomic E-state index is 12.9. The molecule has 0 aliphatic rings. The van der Waals surface area contributed by atoms with Gasteiger partial charge in [-0.15, -0.1) is 11.3 Å². The Morgan fingerprint density at radius 2 is 2.00 bits per heavy atom. The van der Waals surface area contributed by atoms with Crippen LogP contribution in [0.5, 0.6) is 0 Å². The third-order valence-corrected chi connectivity index (χ3v) is 4.14. The van der Waals surface area contributed by atoms with Gasteiger partial charge in [0.15, 0.2) is 0 Å². The van der Waals surface area contributed by atoms with E-state index in [0.29, 0.717) is 0 Å². The van der Waals surface area contributed by atoms with E-state index in [-0.39, 0.29) is 11.9 Å². The van der Waals surface area contributed by atoms with Crippen molar-refractivity contribution in [2.45, 2.75) is 32.7 Å².